The van der Waals surface area contributed by atoms with Crippen LogP contribution in [-0.4, -0.2) is 24.5 Å². The van der Waals surface area contributed by atoms with Gasteiger partial charge in [0, 0.05) is 36.7 Å². The number of rotatable bonds is 4. The summed E-state index contributed by atoms with van der Waals surface area (Å²) in [5.74, 6) is 0.145. The number of fused-ring (bicyclic) bond motifs is 1. The summed E-state index contributed by atoms with van der Waals surface area (Å²) in [7, 11) is 1.87. The van der Waals surface area contributed by atoms with Crippen LogP contribution in [-0.2, 0) is 7.05 Å². The van der Waals surface area contributed by atoms with Crippen LogP contribution in [0.15, 0.2) is 54.1 Å². The van der Waals surface area contributed by atoms with E-state index in [9.17, 15) is 4.79 Å². The van der Waals surface area contributed by atoms with Gasteiger partial charge in [-0.1, -0.05) is 13.8 Å². The third kappa shape index (κ3) is 3.08. The second-order valence-corrected chi connectivity index (χ2v) is 6.76. The summed E-state index contributed by atoms with van der Waals surface area (Å²) >= 11 is 0. The first-order chi connectivity index (χ1) is 13.0. The maximum atomic E-state index is 12.7. The van der Waals surface area contributed by atoms with Gasteiger partial charge in [-0.2, -0.15) is 0 Å². The van der Waals surface area contributed by atoms with E-state index in [2.05, 4.69) is 25.3 Å². The fourth-order valence-corrected chi connectivity index (χ4v) is 3.15. The minimum absolute atomic E-state index is 0.130. The van der Waals surface area contributed by atoms with Gasteiger partial charge < -0.3 is 14.9 Å². The maximum absolute atomic E-state index is 12.7. The summed E-state index contributed by atoms with van der Waals surface area (Å²) in [6.07, 6.45) is 8.63. The Labute approximate surface area is 156 Å². The zero-order valence-corrected chi connectivity index (χ0v) is 15.4. The van der Waals surface area contributed by atoms with Crippen molar-refractivity contribution in [3.63, 3.8) is 0 Å². The zero-order chi connectivity index (χ0) is 19.0. The normalized spacial score (nSPS) is 11.3. The molecule has 136 valence electrons. The van der Waals surface area contributed by atoms with Gasteiger partial charge in [-0.3, -0.25) is 14.8 Å². The molecule has 0 aromatic carbocycles. The lowest BCUT2D eigenvalue weighted by molar-refractivity contribution is 0.818. The first-order valence-electron chi connectivity index (χ1n) is 8.74. The Morgan fingerprint density at radius 3 is 2.70 bits per heavy atom. The Hall–Kier alpha value is -3.48. The highest BCUT2D eigenvalue weighted by Gasteiger charge is 2.15. The molecule has 0 radical (unpaired) electrons. The van der Waals surface area contributed by atoms with Crippen LogP contribution in [0.3, 0.4) is 0 Å². The lowest BCUT2D eigenvalue weighted by Crippen LogP contribution is -2.16. The summed E-state index contributed by atoms with van der Waals surface area (Å²) in [5, 5.41) is 4.39. The maximum Gasteiger partial charge on any atom is 0.257 e. The molecular formula is C20H20N6O. The molecule has 0 fully saturated rings. The molecule has 0 spiro atoms. The van der Waals surface area contributed by atoms with Crippen LogP contribution in [0.2, 0.25) is 0 Å². The molecule has 7 nitrogen and oxygen atoms in total. The standard InChI is InChI=1S/C20H20N6O/c1-12(2)19-17(8-13(20(27)25-19)18-10-22-11-26(18)3)24-16-5-7-23-15-4-6-21-9-14(15)16/h4-12H,1-3H3,(H,23,24)(H,25,27). The number of pyridine rings is 3. The molecule has 0 bridgehead atoms. The Morgan fingerprint density at radius 1 is 1.11 bits per heavy atom. The number of nitrogens with zero attached hydrogens (tertiary/aromatic N) is 4. The molecule has 0 unspecified atom stereocenters. The summed E-state index contributed by atoms with van der Waals surface area (Å²) in [6.45, 7) is 4.10. The van der Waals surface area contributed by atoms with Gasteiger partial charge in [-0.15, -0.1) is 0 Å². The molecule has 0 aliphatic heterocycles. The molecule has 0 saturated carbocycles. The number of H-pyrrole nitrogens is 1. The van der Waals surface area contributed by atoms with Crippen molar-refractivity contribution in [2.45, 2.75) is 19.8 Å². The van der Waals surface area contributed by atoms with E-state index in [-0.39, 0.29) is 11.5 Å². The minimum atomic E-state index is -0.130. The molecule has 4 aromatic heterocycles. The summed E-state index contributed by atoms with van der Waals surface area (Å²) < 4.78 is 1.83. The van der Waals surface area contributed by atoms with Crippen molar-refractivity contribution in [3.8, 4) is 11.3 Å². The second kappa shape index (κ2) is 6.68. The van der Waals surface area contributed by atoms with Crippen molar-refractivity contribution >= 4 is 22.3 Å². The van der Waals surface area contributed by atoms with Crippen molar-refractivity contribution < 1.29 is 0 Å². The van der Waals surface area contributed by atoms with Crippen LogP contribution < -0.4 is 10.9 Å². The fraction of sp³-hybridized carbons (Fsp3) is 0.200. The van der Waals surface area contributed by atoms with E-state index in [1.165, 1.54) is 0 Å². The number of nitrogens with one attached hydrogen (secondary N) is 2. The van der Waals surface area contributed by atoms with Crippen LogP contribution in [0.5, 0.6) is 0 Å². The van der Waals surface area contributed by atoms with Crippen molar-refractivity contribution in [1.29, 1.82) is 0 Å². The average Bonchev–Trinajstić information content (AvgIpc) is 3.08. The summed E-state index contributed by atoms with van der Waals surface area (Å²) in [4.78, 5) is 28.4. The third-order valence-corrected chi connectivity index (χ3v) is 4.55. The van der Waals surface area contributed by atoms with E-state index in [0.29, 0.717) is 5.56 Å². The van der Waals surface area contributed by atoms with Crippen molar-refractivity contribution in [2.24, 2.45) is 7.05 Å². The van der Waals surface area contributed by atoms with E-state index in [1.807, 2.05) is 43.7 Å². The van der Waals surface area contributed by atoms with Crippen LogP contribution in [0, 0.1) is 0 Å². The number of anilines is 2. The molecule has 4 heterocycles. The molecular weight excluding hydrogens is 340 g/mol. The largest absolute Gasteiger partial charge is 0.353 e. The highest BCUT2D eigenvalue weighted by molar-refractivity contribution is 5.92. The van der Waals surface area contributed by atoms with E-state index in [4.69, 9.17) is 0 Å². The Bertz CT molecular complexity index is 1170. The Balaban J connectivity index is 1.88. The van der Waals surface area contributed by atoms with E-state index in [0.717, 1.165) is 33.7 Å². The molecule has 27 heavy (non-hydrogen) atoms. The molecule has 0 saturated heterocycles. The predicted molar refractivity (Wildman–Crippen MR) is 106 cm³/mol. The average molecular weight is 360 g/mol. The first-order valence-corrected chi connectivity index (χ1v) is 8.74. The van der Waals surface area contributed by atoms with Crippen LogP contribution >= 0.6 is 0 Å². The number of aryl methyl sites for hydroxylation is 1. The molecule has 0 aliphatic carbocycles. The van der Waals surface area contributed by atoms with Crippen molar-refractivity contribution in [1.82, 2.24) is 24.5 Å². The molecule has 7 heteroatoms. The van der Waals surface area contributed by atoms with Crippen LogP contribution in [0.25, 0.3) is 22.2 Å². The van der Waals surface area contributed by atoms with Gasteiger partial charge in [-0.25, -0.2) is 4.98 Å². The molecule has 4 rings (SSSR count). The van der Waals surface area contributed by atoms with E-state index < -0.39 is 0 Å². The molecule has 0 atom stereocenters. The Kier molecular flexibility index (Phi) is 4.19. The van der Waals surface area contributed by atoms with Crippen molar-refractivity contribution in [2.75, 3.05) is 5.32 Å². The number of aromatic nitrogens is 5. The molecule has 4 aromatic rings. The zero-order valence-electron chi connectivity index (χ0n) is 15.4. The van der Waals surface area contributed by atoms with Gasteiger partial charge in [0.05, 0.1) is 40.7 Å². The molecule has 0 aliphatic rings. The van der Waals surface area contributed by atoms with Gasteiger partial charge in [0.2, 0.25) is 0 Å². The SMILES string of the molecule is CC(C)c1[nH]c(=O)c(-c2cncn2C)cc1Nc1ccnc2ccncc12. The summed E-state index contributed by atoms with van der Waals surface area (Å²) in [5.41, 5.74) is 4.63. The first kappa shape index (κ1) is 17.0. The fourth-order valence-electron chi connectivity index (χ4n) is 3.15. The highest BCUT2D eigenvalue weighted by Crippen LogP contribution is 2.30. The van der Waals surface area contributed by atoms with Gasteiger partial charge in [-0.05, 0) is 24.1 Å². The number of aromatic amines is 1. The van der Waals surface area contributed by atoms with Gasteiger partial charge in [0.1, 0.15) is 0 Å². The van der Waals surface area contributed by atoms with Gasteiger partial charge in [0.15, 0.2) is 0 Å². The van der Waals surface area contributed by atoms with E-state index in [1.54, 1.807) is 31.1 Å². The van der Waals surface area contributed by atoms with Gasteiger partial charge in [0.25, 0.3) is 5.56 Å². The third-order valence-electron chi connectivity index (χ3n) is 4.55. The lowest BCUT2D eigenvalue weighted by atomic mass is 10.0. The number of hydrogen-bond acceptors (Lipinski definition) is 5. The van der Waals surface area contributed by atoms with Crippen LogP contribution in [0.1, 0.15) is 25.5 Å². The lowest BCUT2D eigenvalue weighted by Gasteiger charge is -2.17. The molecule has 2 N–H and O–H groups in total. The summed E-state index contributed by atoms with van der Waals surface area (Å²) in [6, 6.07) is 5.66. The quantitative estimate of drug-likeness (QED) is 0.581. The highest BCUT2D eigenvalue weighted by atomic mass is 16.1. The monoisotopic (exact) mass is 360 g/mol. The van der Waals surface area contributed by atoms with E-state index >= 15 is 0 Å². The topological polar surface area (TPSA) is 88.5 Å². The van der Waals surface area contributed by atoms with Crippen molar-refractivity contribution in [3.05, 3.63) is 65.4 Å². The van der Waals surface area contributed by atoms with Crippen LogP contribution in [0.4, 0.5) is 11.4 Å². The molecule has 0 amide bonds. The number of hydrogen-bond donors (Lipinski definition) is 2. The number of imidazole rings is 1. The Morgan fingerprint density at radius 2 is 1.96 bits per heavy atom. The minimum Gasteiger partial charge on any atom is -0.353 e. The smallest absolute Gasteiger partial charge is 0.257 e. The predicted octanol–water partition coefficient (Wildman–Crippen LogP) is 3.59. The van der Waals surface area contributed by atoms with Gasteiger partial charge >= 0.3 is 0 Å². The second-order valence-electron chi connectivity index (χ2n) is 6.76.